The molecule has 5 heteroatoms. The van der Waals surface area contributed by atoms with Crippen molar-refractivity contribution in [1.29, 1.82) is 0 Å². The Kier molecular flexibility index (Phi) is 3.20. The summed E-state index contributed by atoms with van der Waals surface area (Å²) in [6.45, 7) is 0. The lowest BCUT2D eigenvalue weighted by atomic mass is 10.0. The van der Waals surface area contributed by atoms with E-state index in [4.69, 9.17) is 0 Å². The largest absolute Gasteiger partial charge is 0.307 e. The molecule has 98 valence electrons. The summed E-state index contributed by atoms with van der Waals surface area (Å²) in [6.07, 6.45) is 3.80. The third-order valence-electron chi connectivity index (χ3n) is 3.48. The molecule has 1 saturated carbocycles. The normalized spacial score (nSPS) is 27.7. The van der Waals surface area contributed by atoms with Gasteiger partial charge in [0.25, 0.3) is 0 Å². The predicted molar refractivity (Wildman–Crippen MR) is 65.8 cm³/mol. The van der Waals surface area contributed by atoms with Crippen molar-refractivity contribution < 1.29 is 13.0 Å². The van der Waals surface area contributed by atoms with Crippen molar-refractivity contribution in [2.24, 2.45) is 0 Å². The minimum atomic E-state index is -1.35. The van der Waals surface area contributed by atoms with Gasteiger partial charge in [-0.15, -0.1) is 0 Å². The second kappa shape index (κ2) is 4.70. The Labute approximate surface area is 107 Å². The highest BCUT2D eigenvalue weighted by molar-refractivity contribution is 7.85. The Balaban J connectivity index is 2.04. The van der Waals surface area contributed by atoms with Crippen LogP contribution in [0, 0.1) is 11.6 Å². The van der Waals surface area contributed by atoms with Gasteiger partial charge in [0.1, 0.15) is 11.6 Å². The van der Waals surface area contributed by atoms with Crippen LogP contribution in [0.25, 0.3) is 0 Å². The molecule has 1 aromatic rings. The summed E-state index contributed by atoms with van der Waals surface area (Å²) in [7, 11) is -1.35. The van der Waals surface area contributed by atoms with Crippen molar-refractivity contribution in [3.63, 3.8) is 0 Å². The lowest BCUT2D eigenvalue weighted by Gasteiger charge is -2.19. The fourth-order valence-corrected chi connectivity index (χ4v) is 3.84. The average molecular weight is 271 g/mol. The molecule has 0 radical (unpaired) electrons. The topological polar surface area (TPSA) is 29.1 Å². The smallest absolute Gasteiger partial charge is 0.142 e. The highest BCUT2D eigenvalue weighted by Gasteiger charge is 2.30. The van der Waals surface area contributed by atoms with Crippen LogP contribution in [-0.4, -0.2) is 16.0 Å². The van der Waals surface area contributed by atoms with Crippen LogP contribution in [-0.2, 0) is 10.8 Å². The standard InChI is InChI=1S/C13H15F2NOS/c14-8-6-10-12(16-9-3-4-9)2-1-5-18(17)13(10)11(15)7-8/h6-7,9,12,16H,1-5H2. The minimum Gasteiger partial charge on any atom is -0.307 e. The average Bonchev–Trinajstić information content (AvgIpc) is 3.10. The summed E-state index contributed by atoms with van der Waals surface area (Å²) >= 11 is 0. The fourth-order valence-electron chi connectivity index (χ4n) is 2.46. The van der Waals surface area contributed by atoms with Crippen LogP contribution in [0.4, 0.5) is 8.78 Å². The van der Waals surface area contributed by atoms with Gasteiger partial charge in [0.15, 0.2) is 0 Å². The lowest BCUT2D eigenvalue weighted by molar-refractivity contribution is 0.476. The fraction of sp³-hybridized carbons (Fsp3) is 0.538. The van der Waals surface area contributed by atoms with Gasteiger partial charge in [0.05, 0.1) is 15.7 Å². The SMILES string of the molecule is O=S1CCCC(NC2CC2)c2cc(F)cc(F)c21. The van der Waals surface area contributed by atoms with E-state index < -0.39 is 22.4 Å². The number of halogens is 2. The van der Waals surface area contributed by atoms with Crippen molar-refractivity contribution in [3.8, 4) is 0 Å². The molecule has 0 aromatic heterocycles. The Morgan fingerprint density at radius 2 is 2.00 bits per heavy atom. The monoisotopic (exact) mass is 271 g/mol. The molecular formula is C13H15F2NOS. The number of fused-ring (bicyclic) bond motifs is 1. The Morgan fingerprint density at radius 1 is 1.22 bits per heavy atom. The maximum Gasteiger partial charge on any atom is 0.142 e. The molecule has 0 bridgehead atoms. The Morgan fingerprint density at radius 3 is 2.72 bits per heavy atom. The van der Waals surface area contributed by atoms with Gasteiger partial charge in [-0.3, -0.25) is 4.21 Å². The molecular weight excluding hydrogens is 256 g/mol. The highest BCUT2D eigenvalue weighted by Crippen LogP contribution is 2.34. The van der Waals surface area contributed by atoms with Gasteiger partial charge in [-0.05, 0) is 37.3 Å². The van der Waals surface area contributed by atoms with Gasteiger partial charge in [-0.25, -0.2) is 8.78 Å². The zero-order chi connectivity index (χ0) is 12.7. The van der Waals surface area contributed by atoms with Gasteiger partial charge in [-0.2, -0.15) is 0 Å². The highest BCUT2D eigenvalue weighted by atomic mass is 32.2. The minimum absolute atomic E-state index is 0.0656. The van der Waals surface area contributed by atoms with Gasteiger partial charge in [-0.1, -0.05) is 0 Å². The Hall–Kier alpha value is -0.810. The van der Waals surface area contributed by atoms with Gasteiger partial charge >= 0.3 is 0 Å². The molecule has 0 saturated heterocycles. The Bertz CT molecular complexity index is 502. The summed E-state index contributed by atoms with van der Waals surface area (Å²) in [5.74, 6) is -0.807. The van der Waals surface area contributed by atoms with E-state index in [0.717, 1.165) is 31.7 Å². The van der Waals surface area contributed by atoms with Crippen molar-refractivity contribution in [1.82, 2.24) is 5.32 Å². The molecule has 1 N–H and O–H groups in total. The van der Waals surface area contributed by atoms with E-state index in [1.54, 1.807) is 0 Å². The van der Waals surface area contributed by atoms with E-state index >= 15 is 0 Å². The lowest BCUT2D eigenvalue weighted by Crippen LogP contribution is -2.24. The molecule has 2 aliphatic rings. The van der Waals surface area contributed by atoms with Gasteiger partial charge in [0.2, 0.25) is 0 Å². The first kappa shape index (κ1) is 12.2. The number of benzene rings is 1. The predicted octanol–water partition coefficient (Wildman–Crippen LogP) is 2.66. The molecule has 1 aliphatic heterocycles. The van der Waals surface area contributed by atoms with Crippen molar-refractivity contribution in [2.75, 3.05) is 5.75 Å². The quantitative estimate of drug-likeness (QED) is 0.896. The molecule has 0 amide bonds. The van der Waals surface area contributed by atoms with Crippen LogP contribution >= 0.6 is 0 Å². The van der Waals surface area contributed by atoms with Crippen molar-refractivity contribution >= 4 is 10.8 Å². The summed E-state index contributed by atoms with van der Waals surface area (Å²) in [5, 5.41) is 3.40. The maximum atomic E-state index is 13.8. The first-order chi connectivity index (χ1) is 8.65. The molecule has 1 heterocycles. The van der Waals surface area contributed by atoms with Crippen LogP contribution < -0.4 is 5.32 Å². The van der Waals surface area contributed by atoms with E-state index in [-0.39, 0.29) is 10.9 Å². The first-order valence-corrected chi connectivity index (χ1v) is 7.60. The van der Waals surface area contributed by atoms with Gasteiger partial charge < -0.3 is 5.32 Å². The number of nitrogens with one attached hydrogen (secondary N) is 1. The first-order valence-electron chi connectivity index (χ1n) is 6.28. The van der Waals surface area contributed by atoms with Crippen LogP contribution in [0.3, 0.4) is 0 Å². The number of rotatable bonds is 2. The molecule has 1 aromatic carbocycles. The molecule has 18 heavy (non-hydrogen) atoms. The summed E-state index contributed by atoms with van der Waals surface area (Å²) in [4.78, 5) is 0.201. The third-order valence-corrected chi connectivity index (χ3v) is 5.02. The maximum absolute atomic E-state index is 13.8. The summed E-state index contributed by atoms with van der Waals surface area (Å²) < 4.78 is 39.2. The second-order valence-electron chi connectivity index (χ2n) is 4.99. The molecule has 3 rings (SSSR count). The van der Waals surface area contributed by atoms with E-state index in [1.807, 2.05) is 0 Å². The molecule has 2 atom stereocenters. The third kappa shape index (κ3) is 2.34. The van der Waals surface area contributed by atoms with E-state index in [0.29, 0.717) is 17.4 Å². The summed E-state index contributed by atoms with van der Waals surface area (Å²) in [6, 6.07) is 2.56. The number of hydrogen-bond donors (Lipinski definition) is 1. The van der Waals surface area contributed by atoms with E-state index in [1.165, 1.54) is 6.07 Å². The molecule has 1 aliphatic carbocycles. The van der Waals surface area contributed by atoms with Crippen LogP contribution in [0.2, 0.25) is 0 Å². The number of hydrogen-bond acceptors (Lipinski definition) is 2. The van der Waals surface area contributed by atoms with E-state index in [9.17, 15) is 13.0 Å². The zero-order valence-corrected chi connectivity index (χ0v) is 10.7. The summed E-state index contributed by atoms with van der Waals surface area (Å²) in [5.41, 5.74) is 0.551. The molecule has 0 spiro atoms. The molecule has 1 fully saturated rings. The molecule has 2 unspecified atom stereocenters. The van der Waals surface area contributed by atoms with Crippen LogP contribution in [0.1, 0.15) is 37.3 Å². The van der Waals surface area contributed by atoms with Gasteiger partial charge in [0, 0.05) is 23.9 Å². The second-order valence-corrected chi connectivity index (χ2v) is 6.50. The van der Waals surface area contributed by atoms with Crippen molar-refractivity contribution in [3.05, 3.63) is 29.3 Å². The molecule has 2 nitrogen and oxygen atoms in total. The van der Waals surface area contributed by atoms with Crippen LogP contribution in [0.15, 0.2) is 17.0 Å². The van der Waals surface area contributed by atoms with Crippen molar-refractivity contribution in [2.45, 2.75) is 42.7 Å². The van der Waals surface area contributed by atoms with Crippen LogP contribution in [0.5, 0.6) is 0 Å². The zero-order valence-electron chi connectivity index (χ0n) is 9.92. The van der Waals surface area contributed by atoms with E-state index in [2.05, 4.69) is 5.32 Å².